The molecule has 0 bridgehead atoms. The van der Waals surface area contributed by atoms with Gasteiger partial charge >= 0.3 is 6.18 Å². The van der Waals surface area contributed by atoms with Gasteiger partial charge in [0.25, 0.3) is 0 Å². The van der Waals surface area contributed by atoms with Crippen LogP contribution in [-0.4, -0.2) is 32.6 Å². The van der Waals surface area contributed by atoms with Crippen molar-refractivity contribution in [1.29, 1.82) is 0 Å². The quantitative estimate of drug-likeness (QED) is 0.895. The van der Waals surface area contributed by atoms with Crippen LogP contribution in [0.5, 0.6) is 0 Å². The second kappa shape index (κ2) is 6.29. The molecule has 2 aliphatic rings. The lowest BCUT2D eigenvalue weighted by Crippen LogP contribution is -2.24. The first-order valence-electron chi connectivity index (χ1n) is 8.30. The Morgan fingerprint density at radius 3 is 2.72 bits per heavy atom. The van der Waals surface area contributed by atoms with Crippen LogP contribution in [0, 0.1) is 5.92 Å². The van der Waals surface area contributed by atoms with Gasteiger partial charge in [-0.2, -0.15) is 18.3 Å². The lowest BCUT2D eigenvalue weighted by molar-refractivity contribution is -0.141. The number of rotatable bonds is 5. The Labute approximate surface area is 142 Å². The minimum Gasteiger partial charge on any atom is -0.371 e. The number of hydrogen-bond donors (Lipinski definition) is 1. The first-order chi connectivity index (χ1) is 12.0. The molecule has 0 amide bonds. The third-order valence-electron chi connectivity index (χ3n) is 4.50. The topological polar surface area (TPSA) is 64.9 Å². The molecule has 1 aliphatic heterocycles. The maximum absolute atomic E-state index is 12.6. The van der Waals surface area contributed by atoms with Gasteiger partial charge in [-0.05, 0) is 37.3 Å². The van der Waals surface area contributed by atoms with Crippen molar-refractivity contribution in [2.24, 2.45) is 5.92 Å². The highest BCUT2D eigenvalue weighted by Gasteiger charge is 2.34. The average Bonchev–Trinajstić information content (AvgIpc) is 3.06. The summed E-state index contributed by atoms with van der Waals surface area (Å²) in [5, 5.41) is 14.4. The molecule has 134 valence electrons. The van der Waals surface area contributed by atoms with Crippen LogP contribution in [0.3, 0.4) is 0 Å². The van der Waals surface area contributed by atoms with Gasteiger partial charge in [0.1, 0.15) is 11.9 Å². The predicted molar refractivity (Wildman–Crippen MR) is 82.7 cm³/mol. The number of hydrogen-bond acceptors (Lipinski definition) is 5. The zero-order chi connectivity index (χ0) is 17.4. The molecule has 4 rings (SSSR count). The van der Waals surface area contributed by atoms with Gasteiger partial charge in [0.05, 0.1) is 12.2 Å². The van der Waals surface area contributed by atoms with Crippen LogP contribution in [0.15, 0.2) is 24.5 Å². The molecule has 2 aromatic heterocycles. The van der Waals surface area contributed by atoms with Crippen molar-refractivity contribution in [3.05, 3.63) is 35.8 Å². The van der Waals surface area contributed by atoms with Gasteiger partial charge in [-0.3, -0.25) is 4.68 Å². The number of alkyl halides is 3. The van der Waals surface area contributed by atoms with E-state index in [9.17, 15) is 13.2 Å². The molecular weight excluding hydrogens is 335 g/mol. The molecular formula is C16H18F3N5O. The monoisotopic (exact) mass is 353 g/mol. The molecule has 1 aliphatic carbocycles. The highest BCUT2D eigenvalue weighted by molar-refractivity contribution is 5.36. The van der Waals surface area contributed by atoms with Crippen LogP contribution >= 0.6 is 0 Å². The van der Waals surface area contributed by atoms with Gasteiger partial charge in [0.2, 0.25) is 0 Å². The van der Waals surface area contributed by atoms with Crippen molar-refractivity contribution in [2.45, 2.75) is 44.1 Å². The summed E-state index contributed by atoms with van der Waals surface area (Å²) >= 11 is 0. The molecule has 1 saturated carbocycles. The Morgan fingerprint density at radius 2 is 2.04 bits per heavy atom. The minimum absolute atomic E-state index is 0.0791. The third-order valence-corrected chi connectivity index (χ3v) is 4.50. The number of anilines is 1. The third kappa shape index (κ3) is 3.76. The molecule has 2 atom stereocenters. The summed E-state index contributed by atoms with van der Waals surface area (Å²) in [6, 6.07) is 2.14. The van der Waals surface area contributed by atoms with Gasteiger partial charge < -0.3 is 10.1 Å². The molecule has 1 saturated heterocycles. The van der Waals surface area contributed by atoms with E-state index in [-0.39, 0.29) is 12.1 Å². The SMILES string of the molecule is FC(F)(F)c1ccc(N[C@H]2CCO[C@@H]2c2cnn(CC3CC3)c2)nn1. The summed E-state index contributed by atoms with van der Waals surface area (Å²) in [6.07, 6.45) is 2.35. The fourth-order valence-electron chi connectivity index (χ4n) is 3.01. The molecule has 0 spiro atoms. The van der Waals surface area contributed by atoms with E-state index in [1.165, 1.54) is 18.9 Å². The van der Waals surface area contributed by atoms with Crippen LogP contribution in [-0.2, 0) is 17.5 Å². The fraction of sp³-hybridized carbons (Fsp3) is 0.562. The smallest absolute Gasteiger partial charge is 0.371 e. The number of nitrogens with one attached hydrogen (secondary N) is 1. The van der Waals surface area contributed by atoms with Crippen LogP contribution in [0.1, 0.15) is 36.6 Å². The normalized spacial score (nSPS) is 23.8. The van der Waals surface area contributed by atoms with Crippen molar-refractivity contribution in [2.75, 3.05) is 11.9 Å². The Kier molecular flexibility index (Phi) is 4.10. The Balaban J connectivity index is 1.43. The van der Waals surface area contributed by atoms with Crippen LogP contribution in [0.2, 0.25) is 0 Å². The Morgan fingerprint density at radius 1 is 1.20 bits per heavy atom. The fourth-order valence-corrected chi connectivity index (χ4v) is 3.01. The van der Waals surface area contributed by atoms with Gasteiger partial charge in [0, 0.05) is 24.9 Å². The van der Waals surface area contributed by atoms with Gasteiger partial charge in [-0.15, -0.1) is 10.2 Å². The molecule has 9 heteroatoms. The van der Waals surface area contributed by atoms with E-state index in [1.807, 2.05) is 10.9 Å². The summed E-state index contributed by atoms with van der Waals surface area (Å²) < 4.78 is 45.4. The van der Waals surface area contributed by atoms with E-state index >= 15 is 0 Å². The van der Waals surface area contributed by atoms with Crippen molar-refractivity contribution in [1.82, 2.24) is 20.0 Å². The molecule has 0 aromatic carbocycles. The maximum Gasteiger partial charge on any atom is 0.435 e. The van der Waals surface area contributed by atoms with Crippen molar-refractivity contribution >= 4 is 5.82 Å². The molecule has 6 nitrogen and oxygen atoms in total. The zero-order valence-corrected chi connectivity index (χ0v) is 13.4. The highest BCUT2D eigenvalue weighted by Crippen LogP contribution is 2.33. The molecule has 0 radical (unpaired) electrons. The lowest BCUT2D eigenvalue weighted by atomic mass is 10.1. The first-order valence-corrected chi connectivity index (χ1v) is 8.30. The zero-order valence-electron chi connectivity index (χ0n) is 13.4. The van der Waals surface area contributed by atoms with Crippen molar-refractivity contribution < 1.29 is 17.9 Å². The average molecular weight is 353 g/mol. The van der Waals surface area contributed by atoms with E-state index in [0.717, 1.165) is 30.5 Å². The van der Waals surface area contributed by atoms with Crippen molar-refractivity contribution in [3.63, 3.8) is 0 Å². The lowest BCUT2D eigenvalue weighted by Gasteiger charge is -2.19. The standard InChI is InChI=1S/C16H18F3N5O/c17-16(18,19)13-3-4-14(23-22-13)21-12-5-6-25-15(12)11-7-20-24(9-11)8-10-1-2-10/h3-4,7,9-10,12,15H,1-2,5-6,8H2,(H,21,23)/t12-,15+/m0/s1. The van der Waals surface area contributed by atoms with Gasteiger partial charge in [-0.1, -0.05) is 0 Å². The van der Waals surface area contributed by atoms with Gasteiger partial charge in [0.15, 0.2) is 5.69 Å². The summed E-state index contributed by atoms with van der Waals surface area (Å²) in [5.41, 5.74) is -0.0332. The number of nitrogens with zero attached hydrogens (tertiary/aromatic N) is 4. The maximum atomic E-state index is 12.6. The predicted octanol–water partition coefficient (Wildman–Crippen LogP) is 3.04. The van der Waals surface area contributed by atoms with E-state index < -0.39 is 11.9 Å². The summed E-state index contributed by atoms with van der Waals surface area (Å²) in [7, 11) is 0. The molecule has 1 N–H and O–H groups in total. The van der Waals surface area contributed by atoms with Crippen molar-refractivity contribution in [3.8, 4) is 0 Å². The Bertz CT molecular complexity index is 726. The van der Waals surface area contributed by atoms with E-state index in [1.54, 1.807) is 6.20 Å². The molecule has 2 fully saturated rings. The second-order valence-corrected chi connectivity index (χ2v) is 6.57. The van der Waals surface area contributed by atoms with Crippen LogP contribution < -0.4 is 5.32 Å². The highest BCUT2D eigenvalue weighted by atomic mass is 19.4. The number of halogens is 3. The van der Waals surface area contributed by atoms with Crippen LogP contribution in [0.25, 0.3) is 0 Å². The summed E-state index contributed by atoms with van der Waals surface area (Å²) in [6.45, 7) is 1.50. The second-order valence-electron chi connectivity index (χ2n) is 6.57. The van der Waals surface area contributed by atoms with Crippen LogP contribution in [0.4, 0.5) is 19.0 Å². The summed E-state index contributed by atoms with van der Waals surface area (Å²) in [5.74, 6) is 1.03. The molecule has 25 heavy (non-hydrogen) atoms. The van der Waals surface area contributed by atoms with E-state index in [4.69, 9.17) is 4.74 Å². The first kappa shape index (κ1) is 16.3. The molecule has 3 heterocycles. The number of aromatic nitrogens is 4. The molecule has 0 unspecified atom stereocenters. The largest absolute Gasteiger partial charge is 0.435 e. The Hall–Kier alpha value is -2.16. The summed E-state index contributed by atoms with van der Waals surface area (Å²) in [4.78, 5) is 0. The number of ether oxygens (including phenoxy) is 1. The van der Waals surface area contributed by atoms with E-state index in [2.05, 4.69) is 20.6 Å². The molecule has 2 aromatic rings. The van der Waals surface area contributed by atoms with E-state index in [0.29, 0.717) is 12.4 Å². The minimum atomic E-state index is -4.49. The van der Waals surface area contributed by atoms with Gasteiger partial charge in [-0.25, -0.2) is 0 Å².